The number of carboxylic acids is 1. The molecule has 1 aliphatic rings. The molecule has 4 nitrogen and oxygen atoms in total. The van der Waals surface area contributed by atoms with Crippen LogP contribution >= 0.6 is 0 Å². The summed E-state index contributed by atoms with van der Waals surface area (Å²) in [5.41, 5.74) is -1.02. The molecule has 1 aliphatic carbocycles. The maximum atomic E-state index is 12.5. The van der Waals surface area contributed by atoms with Gasteiger partial charge in [-0.3, -0.25) is 4.79 Å². The molecule has 0 aliphatic heterocycles. The number of imidazole rings is 1. The highest BCUT2D eigenvalue weighted by Crippen LogP contribution is 2.39. The van der Waals surface area contributed by atoms with Crippen LogP contribution in [0, 0.1) is 0 Å². The van der Waals surface area contributed by atoms with E-state index in [1.165, 1.54) is 11.5 Å². The van der Waals surface area contributed by atoms with E-state index in [0.29, 0.717) is 0 Å². The van der Waals surface area contributed by atoms with Gasteiger partial charge in [0.25, 0.3) is 0 Å². The summed E-state index contributed by atoms with van der Waals surface area (Å²) in [6.07, 6.45) is -2.08. The van der Waals surface area contributed by atoms with Crippen molar-refractivity contribution in [2.75, 3.05) is 0 Å². The Kier molecular flexibility index (Phi) is 2.63. The molecule has 1 aromatic rings. The molecular formula is C10H11F3N2O2. The second-order valence-corrected chi connectivity index (χ2v) is 4.18. The fourth-order valence-electron chi connectivity index (χ4n) is 1.62. The van der Waals surface area contributed by atoms with Crippen molar-refractivity contribution in [2.45, 2.75) is 37.9 Å². The molecule has 0 amide bonds. The van der Waals surface area contributed by atoms with Crippen molar-refractivity contribution in [3.05, 3.63) is 17.7 Å². The van der Waals surface area contributed by atoms with E-state index in [-0.39, 0.29) is 11.9 Å². The van der Waals surface area contributed by atoms with Gasteiger partial charge < -0.3 is 9.67 Å². The topological polar surface area (TPSA) is 55.1 Å². The molecule has 1 atom stereocenters. The molecule has 1 aromatic heterocycles. The van der Waals surface area contributed by atoms with Gasteiger partial charge in [0.1, 0.15) is 11.7 Å². The highest BCUT2D eigenvalue weighted by Gasteiger charge is 2.38. The molecule has 2 rings (SSSR count). The first-order valence-corrected chi connectivity index (χ1v) is 5.19. The molecule has 1 unspecified atom stereocenters. The standard InChI is InChI=1S/C10H11F3N2O2/c1-5(9(16)17)8-14-7(10(11,12)13)4-15(8)6-2-3-6/h4-6H,2-3H2,1H3,(H,16,17). The molecule has 7 heteroatoms. The normalized spacial score (nSPS) is 18.1. The summed E-state index contributed by atoms with van der Waals surface area (Å²) >= 11 is 0. The minimum atomic E-state index is -4.53. The maximum absolute atomic E-state index is 12.5. The quantitative estimate of drug-likeness (QED) is 0.893. The summed E-state index contributed by atoms with van der Waals surface area (Å²) in [6.45, 7) is 1.34. The second-order valence-electron chi connectivity index (χ2n) is 4.18. The third kappa shape index (κ3) is 2.27. The number of carboxylic acid groups (broad SMARTS) is 1. The van der Waals surface area contributed by atoms with Gasteiger partial charge in [-0.1, -0.05) is 0 Å². The van der Waals surface area contributed by atoms with Crippen LogP contribution in [0.25, 0.3) is 0 Å². The van der Waals surface area contributed by atoms with Gasteiger partial charge in [-0.25, -0.2) is 4.98 Å². The smallest absolute Gasteiger partial charge is 0.434 e. The van der Waals surface area contributed by atoms with Gasteiger partial charge in [-0.05, 0) is 19.8 Å². The van der Waals surface area contributed by atoms with Crippen LogP contribution in [0.3, 0.4) is 0 Å². The minimum Gasteiger partial charge on any atom is -0.481 e. The number of aliphatic carboxylic acids is 1. The molecule has 0 spiro atoms. The first-order valence-electron chi connectivity index (χ1n) is 5.19. The Hall–Kier alpha value is -1.53. The Morgan fingerprint density at radius 2 is 2.18 bits per heavy atom. The second kappa shape index (κ2) is 3.75. The van der Waals surface area contributed by atoms with Gasteiger partial charge in [0.2, 0.25) is 0 Å². The van der Waals surface area contributed by atoms with E-state index in [1.54, 1.807) is 0 Å². The molecule has 1 saturated carbocycles. The lowest BCUT2D eigenvalue weighted by Crippen LogP contribution is -2.13. The van der Waals surface area contributed by atoms with Crippen LogP contribution < -0.4 is 0 Å². The van der Waals surface area contributed by atoms with Crippen molar-refractivity contribution in [2.24, 2.45) is 0 Å². The van der Waals surface area contributed by atoms with Crippen LogP contribution in [0.1, 0.15) is 43.2 Å². The number of hydrogen-bond donors (Lipinski definition) is 1. The summed E-state index contributed by atoms with van der Waals surface area (Å²) in [7, 11) is 0. The summed E-state index contributed by atoms with van der Waals surface area (Å²) in [5, 5.41) is 8.84. The maximum Gasteiger partial charge on any atom is 0.434 e. The molecule has 0 aromatic carbocycles. The molecular weight excluding hydrogens is 237 g/mol. The largest absolute Gasteiger partial charge is 0.481 e. The monoisotopic (exact) mass is 248 g/mol. The first-order chi connectivity index (χ1) is 7.80. The van der Waals surface area contributed by atoms with Gasteiger partial charge in [0, 0.05) is 12.2 Å². The summed E-state index contributed by atoms with van der Waals surface area (Å²) < 4.78 is 38.9. The fourth-order valence-corrected chi connectivity index (χ4v) is 1.62. The number of nitrogens with zero attached hydrogens (tertiary/aromatic N) is 2. The van der Waals surface area contributed by atoms with E-state index in [1.807, 2.05) is 0 Å². The van der Waals surface area contributed by atoms with Crippen molar-refractivity contribution in [3.8, 4) is 0 Å². The SMILES string of the molecule is CC(C(=O)O)c1nc(C(F)(F)F)cn1C1CC1. The Bertz CT molecular complexity index is 449. The summed E-state index contributed by atoms with van der Waals surface area (Å²) in [5.74, 6) is -2.23. The predicted molar refractivity (Wildman–Crippen MR) is 51.6 cm³/mol. The van der Waals surface area contributed by atoms with E-state index in [0.717, 1.165) is 19.0 Å². The van der Waals surface area contributed by atoms with Crippen LogP contribution in [0.4, 0.5) is 13.2 Å². The average molecular weight is 248 g/mol. The lowest BCUT2D eigenvalue weighted by molar-refractivity contribution is -0.142. The fraction of sp³-hybridized carbons (Fsp3) is 0.600. The molecule has 1 fully saturated rings. The van der Waals surface area contributed by atoms with Gasteiger partial charge in [0.15, 0.2) is 5.69 Å². The Balaban J connectivity index is 2.42. The van der Waals surface area contributed by atoms with Gasteiger partial charge >= 0.3 is 12.1 Å². The lowest BCUT2D eigenvalue weighted by atomic mass is 10.2. The van der Waals surface area contributed by atoms with Crippen LogP contribution in [-0.2, 0) is 11.0 Å². The highest BCUT2D eigenvalue weighted by molar-refractivity contribution is 5.74. The van der Waals surface area contributed by atoms with Gasteiger partial charge in [0.05, 0.1) is 0 Å². The Labute approximate surface area is 95.1 Å². The van der Waals surface area contributed by atoms with E-state index < -0.39 is 23.8 Å². The van der Waals surface area contributed by atoms with Crippen LogP contribution in [0.5, 0.6) is 0 Å². The predicted octanol–water partition coefficient (Wildman–Crippen LogP) is 2.42. The molecule has 1 heterocycles. The zero-order valence-electron chi connectivity index (χ0n) is 9.03. The molecule has 0 radical (unpaired) electrons. The third-order valence-corrected chi connectivity index (χ3v) is 2.75. The molecule has 0 bridgehead atoms. The molecule has 0 saturated heterocycles. The van der Waals surface area contributed by atoms with Crippen LogP contribution in [0.2, 0.25) is 0 Å². The molecule has 17 heavy (non-hydrogen) atoms. The van der Waals surface area contributed by atoms with E-state index in [4.69, 9.17) is 5.11 Å². The van der Waals surface area contributed by atoms with Crippen molar-refractivity contribution in [1.29, 1.82) is 0 Å². The Morgan fingerprint density at radius 1 is 1.59 bits per heavy atom. The van der Waals surface area contributed by atoms with Gasteiger partial charge in [-0.15, -0.1) is 0 Å². The number of halogens is 3. The highest BCUT2D eigenvalue weighted by atomic mass is 19.4. The van der Waals surface area contributed by atoms with E-state index >= 15 is 0 Å². The zero-order chi connectivity index (χ0) is 12.8. The minimum absolute atomic E-state index is 0.0210. The van der Waals surface area contributed by atoms with Crippen LogP contribution in [0.15, 0.2) is 6.20 Å². The number of aromatic nitrogens is 2. The van der Waals surface area contributed by atoms with E-state index in [9.17, 15) is 18.0 Å². The van der Waals surface area contributed by atoms with Crippen molar-refractivity contribution in [3.63, 3.8) is 0 Å². The summed E-state index contributed by atoms with van der Waals surface area (Å²) in [6, 6.07) is -0.0320. The zero-order valence-corrected chi connectivity index (χ0v) is 9.03. The number of alkyl halides is 3. The Morgan fingerprint density at radius 3 is 2.59 bits per heavy atom. The van der Waals surface area contributed by atoms with E-state index in [2.05, 4.69) is 4.98 Å². The number of rotatable bonds is 3. The van der Waals surface area contributed by atoms with Crippen molar-refractivity contribution in [1.82, 2.24) is 9.55 Å². The molecule has 1 N–H and O–H groups in total. The van der Waals surface area contributed by atoms with Gasteiger partial charge in [-0.2, -0.15) is 13.2 Å². The van der Waals surface area contributed by atoms with Crippen molar-refractivity contribution >= 4 is 5.97 Å². The lowest BCUT2D eigenvalue weighted by Gasteiger charge is -2.08. The molecule has 94 valence electrons. The summed E-state index contributed by atoms with van der Waals surface area (Å²) in [4.78, 5) is 14.2. The first kappa shape index (κ1) is 11.9. The average Bonchev–Trinajstić information content (AvgIpc) is 2.94. The van der Waals surface area contributed by atoms with Crippen LogP contribution in [-0.4, -0.2) is 20.6 Å². The third-order valence-electron chi connectivity index (χ3n) is 2.75. The number of carbonyl (C=O) groups is 1. The number of hydrogen-bond acceptors (Lipinski definition) is 2. The van der Waals surface area contributed by atoms with Crippen molar-refractivity contribution < 1.29 is 23.1 Å².